The van der Waals surface area contributed by atoms with Gasteiger partial charge in [0.15, 0.2) is 11.4 Å². The van der Waals surface area contributed by atoms with Crippen molar-refractivity contribution in [3.8, 4) is 16.8 Å². The summed E-state index contributed by atoms with van der Waals surface area (Å²) in [4.78, 5) is 46.3. The number of rotatable bonds is 3. The van der Waals surface area contributed by atoms with Gasteiger partial charge in [0.1, 0.15) is 5.82 Å². The van der Waals surface area contributed by atoms with E-state index in [9.17, 15) is 14.4 Å². The van der Waals surface area contributed by atoms with E-state index in [4.69, 9.17) is 0 Å². The maximum Gasteiger partial charge on any atom is 0.268 e. The van der Waals surface area contributed by atoms with E-state index in [0.717, 1.165) is 5.56 Å². The average Bonchev–Trinajstić information content (AvgIpc) is 2.68. The lowest BCUT2D eigenvalue weighted by Gasteiger charge is -2.16. The molecule has 29 heavy (non-hydrogen) atoms. The molecule has 2 heterocycles. The second-order valence-electron chi connectivity index (χ2n) is 7.00. The SMILES string of the molecule is CC(=O)c1c(-c2ccccc2)c2c(=O)[nH]c(C)nc2n(-c2ccc(C)cc2)c1=O. The molecule has 0 fully saturated rings. The molecule has 144 valence electrons. The van der Waals surface area contributed by atoms with Crippen LogP contribution in [0.2, 0.25) is 0 Å². The number of aromatic nitrogens is 3. The maximum atomic E-state index is 13.5. The van der Waals surface area contributed by atoms with Gasteiger partial charge in [0.05, 0.1) is 16.6 Å². The number of ketones is 1. The highest BCUT2D eigenvalue weighted by atomic mass is 16.1. The standard InChI is InChI=1S/C23H19N3O3/c1-13-9-11-17(12-10-13)26-21-20(22(28)25-15(3)24-21)19(16-7-5-4-6-8-16)18(14(2)27)23(26)29/h4-12H,1-3H3,(H,24,25,28). The summed E-state index contributed by atoms with van der Waals surface area (Å²) in [5.41, 5.74) is 1.82. The molecule has 4 rings (SSSR count). The van der Waals surface area contributed by atoms with Crippen molar-refractivity contribution in [2.24, 2.45) is 0 Å². The molecule has 0 radical (unpaired) electrons. The molecule has 0 spiro atoms. The smallest absolute Gasteiger partial charge is 0.268 e. The van der Waals surface area contributed by atoms with Gasteiger partial charge in [-0.15, -0.1) is 0 Å². The maximum absolute atomic E-state index is 13.5. The van der Waals surface area contributed by atoms with Crippen LogP contribution in [0.5, 0.6) is 0 Å². The first-order valence-corrected chi connectivity index (χ1v) is 9.21. The Labute approximate surface area is 166 Å². The summed E-state index contributed by atoms with van der Waals surface area (Å²) in [6.45, 7) is 4.94. The van der Waals surface area contributed by atoms with Crippen molar-refractivity contribution in [3.63, 3.8) is 0 Å². The summed E-state index contributed by atoms with van der Waals surface area (Å²) >= 11 is 0. The fourth-order valence-corrected chi connectivity index (χ4v) is 3.55. The molecular formula is C23H19N3O3. The highest BCUT2D eigenvalue weighted by Gasteiger charge is 2.24. The third-order valence-electron chi connectivity index (χ3n) is 4.85. The number of fused-ring (bicyclic) bond motifs is 1. The van der Waals surface area contributed by atoms with Crippen LogP contribution in [0.15, 0.2) is 64.2 Å². The minimum absolute atomic E-state index is 0.0274. The van der Waals surface area contributed by atoms with Crippen molar-refractivity contribution >= 4 is 16.8 Å². The van der Waals surface area contributed by atoms with Crippen molar-refractivity contribution in [1.82, 2.24) is 14.5 Å². The Bertz CT molecular complexity index is 1370. The van der Waals surface area contributed by atoms with Crippen LogP contribution in [0.3, 0.4) is 0 Å². The Morgan fingerprint density at radius 2 is 1.62 bits per heavy atom. The van der Waals surface area contributed by atoms with Gasteiger partial charge in [0, 0.05) is 5.56 Å². The minimum atomic E-state index is -0.495. The number of aromatic amines is 1. The molecule has 0 aliphatic carbocycles. The largest absolute Gasteiger partial charge is 0.310 e. The molecule has 2 aromatic carbocycles. The predicted octanol–water partition coefficient (Wildman–Crippen LogP) is 3.56. The quantitative estimate of drug-likeness (QED) is 0.547. The lowest BCUT2D eigenvalue weighted by molar-refractivity contribution is 0.101. The molecule has 0 aliphatic heterocycles. The number of aryl methyl sites for hydroxylation is 2. The summed E-state index contributed by atoms with van der Waals surface area (Å²) in [6, 6.07) is 16.3. The van der Waals surface area contributed by atoms with Gasteiger partial charge >= 0.3 is 0 Å². The van der Waals surface area contributed by atoms with Crippen molar-refractivity contribution in [2.45, 2.75) is 20.8 Å². The molecule has 0 atom stereocenters. The third-order valence-corrected chi connectivity index (χ3v) is 4.85. The van der Waals surface area contributed by atoms with Gasteiger partial charge in [-0.1, -0.05) is 48.0 Å². The zero-order valence-corrected chi connectivity index (χ0v) is 16.3. The van der Waals surface area contributed by atoms with Gasteiger partial charge in [0.25, 0.3) is 11.1 Å². The number of benzene rings is 2. The fourth-order valence-electron chi connectivity index (χ4n) is 3.55. The molecule has 6 heteroatoms. The molecule has 0 amide bonds. The molecule has 0 saturated carbocycles. The molecule has 0 bridgehead atoms. The van der Waals surface area contributed by atoms with E-state index in [2.05, 4.69) is 9.97 Å². The van der Waals surface area contributed by atoms with Crippen LogP contribution in [0.25, 0.3) is 27.8 Å². The number of hydrogen-bond donors (Lipinski definition) is 1. The Morgan fingerprint density at radius 3 is 2.24 bits per heavy atom. The van der Waals surface area contributed by atoms with E-state index < -0.39 is 16.9 Å². The first kappa shape index (κ1) is 18.6. The molecular weight excluding hydrogens is 366 g/mol. The van der Waals surface area contributed by atoms with Gasteiger partial charge < -0.3 is 4.98 Å². The summed E-state index contributed by atoms with van der Waals surface area (Å²) in [5, 5.41) is 0.215. The number of nitrogens with one attached hydrogen (secondary N) is 1. The van der Waals surface area contributed by atoms with E-state index in [0.29, 0.717) is 22.6 Å². The number of nitrogens with zero attached hydrogens (tertiary/aromatic N) is 2. The van der Waals surface area contributed by atoms with Crippen molar-refractivity contribution in [2.75, 3.05) is 0 Å². The highest BCUT2D eigenvalue weighted by Crippen LogP contribution is 2.29. The van der Waals surface area contributed by atoms with Gasteiger partial charge in [-0.2, -0.15) is 0 Å². The number of H-pyrrole nitrogens is 1. The van der Waals surface area contributed by atoms with Crippen LogP contribution in [-0.2, 0) is 0 Å². The lowest BCUT2D eigenvalue weighted by Crippen LogP contribution is -2.29. The van der Waals surface area contributed by atoms with Crippen molar-refractivity contribution < 1.29 is 4.79 Å². The van der Waals surface area contributed by atoms with E-state index in [1.165, 1.54) is 11.5 Å². The van der Waals surface area contributed by atoms with Gasteiger partial charge in [-0.05, 0) is 38.5 Å². The van der Waals surface area contributed by atoms with E-state index in [1.54, 1.807) is 43.3 Å². The Kier molecular flexibility index (Phi) is 4.47. The van der Waals surface area contributed by atoms with E-state index in [-0.39, 0.29) is 16.6 Å². The first-order valence-electron chi connectivity index (χ1n) is 9.21. The first-order chi connectivity index (χ1) is 13.9. The monoisotopic (exact) mass is 385 g/mol. The van der Waals surface area contributed by atoms with Crippen LogP contribution in [-0.4, -0.2) is 20.3 Å². The molecule has 6 nitrogen and oxygen atoms in total. The molecule has 0 saturated heterocycles. The molecule has 1 N–H and O–H groups in total. The summed E-state index contributed by atoms with van der Waals surface area (Å²) < 4.78 is 1.35. The Morgan fingerprint density at radius 1 is 0.966 bits per heavy atom. The number of carbonyl (C=O) groups excluding carboxylic acids is 1. The van der Waals surface area contributed by atoms with Gasteiger partial charge in [-0.25, -0.2) is 4.98 Å². The average molecular weight is 385 g/mol. The molecule has 0 aliphatic rings. The normalized spacial score (nSPS) is 11.0. The van der Waals surface area contributed by atoms with Crippen molar-refractivity contribution in [3.05, 3.63) is 92.3 Å². The zero-order valence-electron chi connectivity index (χ0n) is 16.3. The topological polar surface area (TPSA) is 84.8 Å². The molecule has 2 aromatic heterocycles. The predicted molar refractivity (Wildman–Crippen MR) is 113 cm³/mol. The van der Waals surface area contributed by atoms with Gasteiger partial charge in [-0.3, -0.25) is 19.0 Å². The fraction of sp³-hybridized carbons (Fsp3) is 0.130. The van der Waals surface area contributed by atoms with Crippen LogP contribution >= 0.6 is 0 Å². The Hall–Kier alpha value is -3.80. The summed E-state index contributed by atoms with van der Waals surface area (Å²) in [6.07, 6.45) is 0. The minimum Gasteiger partial charge on any atom is -0.310 e. The van der Waals surface area contributed by atoms with Crippen molar-refractivity contribution in [1.29, 1.82) is 0 Å². The van der Waals surface area contributed by atoms with Crippen LogP contribution in [0.1, 0.15) is 28.7 Å². The Balaban J connectivity index is 2.29. The second-order valence-corrected chi connectivity index (χ2v) is 7.00. The number of hydrogen-bond acceptors (Lipinski definition) is 4. The zero-order chi connectivity index (χ0) is 20.7. The summed E-state index contributed by atoms with van der Waals surface area (Å²) in [5.74, 6) is -0.0195. The molecule has 4 aromatic rings. The number of Topliss-reactive ketones (excluding diaryl/α,β-unsaturated/α-hetero) is 1. The lowest BCUT2D eigenvalue weighted by atomic mass is 9.95. The van der Waals surface area contributed by atoms with Crippen LogP contribution in [0.4, 0.5) is 0 Å². The second kappa shape index (κ2) is 6.98. The van der Waals surface area contributed by atoms with Crippen LogP contribution < -0.4 is 11.1 Å². The van der Waals surface area contributed by atoms with Crippen LogP contribution in [0, 0.1) is 13.8 Å². The number of pyridine rings is 1. The van der Waals surface area contributed by atoms with E-state index in [1.807, 2.05) is 25.1 Å². The van der Waals surface area contributed by atoms with E-state index >= 15 is 0 Å². The molecule has 0 unspecified atom stereocenters. The third kappa shape index (κ3) is 3.08. The summed E-state index contributed by atoms with van der Waals surface area (Å²) in [7, 11) is 0. The number of carbonyl (C=O) groups is 1. The van der Waals surface area contributed by atoms with Gasteiger partial charge in [0.2, 0.25) is 0 Å². The highest BCUT2D eigenvalue weighted by molar-refractivity contribution is 6.08.